The van der Waals surface area contributed by atoms with Crippen LogP contribution in [0.15, 0.2) is 48.0 Å². The van der Waals surface area contributed by atoms with E-state index < -0.39 is 22.7 Å². The molecule has 1 amide bonds. The minimum absolute atomic E-state index is 0.0750. The van der Waals surface area contributed by atoms with Gasteiger partial charge >= 0.3 is 0 Å². The quantitative estimate of drug-likeness (QED) is 0.139. The molecule has 1 N–H and O–H groups in total. The van der Waals surface area contributed by atoms with Crippen LogP contribution in [0.25, 0.3) is 5.76 Å². The highest BCUT2D eigenvalue weighted by Crippen LogP contribution is 2.40. The van der Waals surface area contributed by atoms with Gasteiger partial charge in [0.05, 0.1) is 29.8 Å². The number of aryl methyl sites for hydroxylation is 1. The van der Waals surface area contributed by atoms with E-state index in [-0.39, 0.29) is 30.2 Å². The number of hydrogen-bond acceptors (Lipinski definition) is 7. The van der Waals surface area contributed by atoms with Gasteiger partial charge in [-0.1, -0.05) is 13.3 Å². The van der Waals surface area contributed by atoms with Crippen LogP contribution >= 0.6 is 0 Å². The number of benzene rings is 2. The average Bonchev–Trinajstić information content (AvgIpc) is 3.08. The van der Waals surface area contributed by atoms with Gasteiger partial charge in [0.1, 0.15) is 11.5 Å². The molecule has 2 aromatic carbocycles. The molecule has 1 saturated heterocycles. The van der Waals surface area contributed by atoms with Gasteiger partial charge in [-0.15, -0.1) is 0 Å². The van der Waals surface area contributed by atoms with Crippen molar-refractivity contribution in [3.8, 4) is 5.75 Å². The Balaban J connectivity index is 2.06. The molecule has 34 heavy (non-hydrogen) atoms. The summed E-state index contributed by atoms with van der Waals surface area (Å²) in [7, 11) is 1.48. The van der Waals surface area contributed by atoms with Crippen LogP contribution in [0.3, 0.4) is 0 Å². The van der Waals surface area contributed by atoms with Gasteiger partial charge in [-0.25, -0.2) is 0 Å². The number of likely N-dealkylation sites (tertiary alicyclic amines) is 1. The average molecular weight is 469 g/mol. The Morgan fingerprint density at radius 1 is 1.15 bits per heavy atom. The number of carbonyl (C=O) groups is 2. The minimum atomic E-state index is -0.906. The minimum Gasteiger partial charge on any atom is -0.507 e. The summed E-state index contributed by atoms with van der Waals surface area (Å²) in [6.45, 7) is 4.78. The summed E-state index contributed by atoms with van der Waals surface area (Å²) in [4.78, 5) is 37.7. The van der Waals surface area contributed by atoms with Gasteiger partial charge in [-0.05, 0) is 54.8 Å². The number of hydrogen-bond donors (Lipinski definition) is 1. The molecule has 0 saturated carbocycles. The molecule has 1 fully saturated rings. The molecule has 0 unspecified atom stereocenters. The van der Waals surface area contributed by atoms with Crippen molar-refractivity contribution in [2.75, 3.05) is 26.9 Å². The van der Waals surface area contributed by atoms with Crippen LogP contribution in [0.2, 0.25) is 0 Å². The fourth-order valence-corrected chi connectivity index (χ4v) is 3.87. The molecule has 0 spiro atoms. The van der Waals surface area contributed by atoms with Crippen molar-refractivity contribution >= 4 is 23.1 Å². The van der Waals surface area contributed by atoms with Crippen LogP contribution < -0.4 is 4.74 Å². The highest BCUT2D eigenvalue weighted by atomic mass is 16.6. The van der Waals surface area contributed by atoms with Crippen LogP contribution in [0.1, 0.15) is 42.5 Å². The topological polar surface area (TPSA) is 119 Å². The van der Waals surface area contributed by atoms with E-state index in [1.807, 2.05) is 6.92 Å². The Hall–Kier alpha value is -3.72. The van der Waals surface area contributed by atoms with E-state index in [4.69, 9.17) is 9.47 Å². The monoisotopic (exact) mass is 468 g/mol. The SMILES string of the molecule is CCCCOc1ccc(C(O)=C2C(=O)C(=O)N(CCOC)[C@@H]2c2ccc([N+](=O)[O-])cc2)cc1C. The van der Waals surface area contributed by atoms with Gasteiger partial charge in [-0.3, -0.25) is 19.7 Å². The maximum atomic E-state index is 13.0. The van der Waals surface area contributed by atoms with Crippen LogP contribution in [-0.2, 0) is 14.3 Å². The predicted octanol–water partition coefficient (Wildman–Crippen LogP) is 4.15. The lowest BCUT2D eigenvalue weighted by Crippen LogP contribution is -2.32. The van der Waals surface area contributed by atoms with E-state index in [0.717, 1.165) is 18.4 Å². The van der Waals surface area contributed by atoms with E-state index in [9.17, 15) is 24.8 Å². The van der Waals surface area contributed by atoms with Gasteiger partial charge in [0.25, 0.3) is 17.4 Å². The van der Waals surface area contributed by atoms with Crippen molar-refractivity contribution in [2.24, 2.45) is 0 Å². The number of ketones is 1. The zero-order valence-corrected chi connectivity index (χ0v) is 19.4. The van der Waals surface area contributed by atoms with Crippen LogP contribution in [0, 0.1) is 17.0 Å². The molecule has 1 atom stereocenters. The van der Waals surface area contributed by atoms with Crippen molar-refractivity contribution in [1.82, 2.24) is 4.90 Å². The summed E-state index contributed by atoms with van der Waals surface area (Å²) < 4.78 is 10.8. The molecule has 0 radical (unpaired) electrons. The molecule has 1 aliphatic heterocycles. The van der Waals surface area contributed by atoms with Crippen molar-refractivity contribution in [1.29, 1.82) is 0 Å². The van der Waals surface area contributed by atoms with Crippen molar-refractivity contribution in [2.45, 2.75) is 32.7 Å². The second kappa shape index (κ2) is 10.9. The molecule has 1 heterocycles. The number of nitro benzene ring substituents is 1. The molecule has 180 valence electrons. The highest BCUT2D eigenvalue weighted by molar-refractivity contribution is 6.46. The number of Topliss-reactive ketones (excluding diaryl/α,β-unsaturated/α-hetero) is 1. The Bertz CT molecular complexity index is 1110. The van der Waals surface area contributed by atoms with Crippen LogP contribution in [0.5, 0.6) is 5.75 Å². The van der Waals surface area contributed by atoms with Gasteiger partial charge in [-0.2, -0.15) is 0 Å². The molecule has 9 heteroatoms. The first-order valence-corrected chi connectivity index (χ1v) is 11.1. The van der Waals surface area contributed by atoms with E-state index in [1.54, 1.807) is 18.2 Å². The summed E-state index contributed by atoms with van der Waals surface area (Å²) >= 11 is 0. The molecular formula is C25H28N2O7. The van der Waals surface area contributed by atoms with Gasteiger partial charge in [0.2, 0.25) is 0 Å². The second-order valence-corrected chi connectivity index (χ2v) is 8.02. The van der Waals surface area contributed by atoms with Crippen molar-refractivity contribution < 1.29 is 29.1 Å². The van der Waals surface area contributed by atoms with Crippen molar-refractivity contribution in [3.63, 3.8) is 0 Å². The highest BCUT2D eigenvalue weighted by Gasteiger charge is 2.46. The number of carbonyl (C=O) groups excluding carboxylic acids is 2. The summed E-state index contributed by atoms with van der Waals surface area (Å²) in [5.74, 6) is -1.22. The maximum Gasteiger partial charge on any atom is 0.295 e. The summed E-state index contributed by atoms with van der Waals surface area (Å²) in [5.41, 5.74) is 1.43. The predicted molar refractivity (Wildman–Crippen MR) is 126 cm³/mol. The summed E-state index contributed by atoms with van der Waals surface area (Å²) in [6, 6.07) is 9.73. The Morgan fingerprint density at radius 3 is 2.44 bits per heavy atom. The van der Waals surface area contributed by atoms with Gasteiger partial charge < -0.3 is 19.5 Å². The lowest BCUT2D eigenvalue weighted by atomic mass is 9.94. The second-order valence-electron chi connectivity index (χ2n) is 8.02. The number of non-ortho nitro benzene ring substituents is 1. The number of aliphatic hydroxyl groups excluding tert-OH is 1. The Morgan fingerprint density at radius 2 is 1.85 bits per heavy atom. The molecule has 3 rings (SSSR count). The molecular weight excluding hydrogens is 440 g/mol. The largest absolute Gasteiger partial charge is 0.507 e. The smallest absolute Gasteiger partial charge is 0.295 e. The standard InChI is InChI=1S/C25H28N2O7/c1-4-5-13-34-20-11-8-18(15-16(20)2)23(28)21-22(17-6-9-19(10-7-17)27(31)32)26(12-14-33-3)25(30)24(21)29/h6-11,15,22,28H,4-5,12-14H2,1-3H3/t22-/m1/s1. The van der Waals surface area contributed by atoms with Gasteiger partial charge in [0.15, 0.2) is 0 Å². The number of aliphatic hydroxyl groups is 1. The summed E-state index contributed by atoms with van der Waals surface area (Å²) in [5, 5.41) is 22.2. The zero-order chi connectivity index (χ0) is 24.8. The molecule has 0 aliphatic carbocycles. The third-order valence-electron chi connectivity index (χ3n) is 5.70. The molecule has 1 aliphatic rings. The van der Waals surface area contributed by atoms with E-state index in [2.05, 4.69) is 6.92 Å². The number of nitro groups is 1. The van der Waals surface area contributed by atoms with Crippen molar-refractivity contribution in [3.05, 3.63) is 74.8 Å². The number of rotatable bonds is 10. The molecule has 0 bridgehead atoms. The fourth-order valence-electron chi connectivity index (χ4n) is 3.87. The number of unbranched alkanes of at least 4 members (excludes halogenated alkanes) is 1. The van der Waals surface area contributed by atoms with E-state index in [1.165, 1.54) is 36.3 Å². The van der Waals surface area contributed by atoms with Crippen LogP contribution in [-0.4, -0.2) is 53.5 Å². The fraction of sp³-hybridized carbons (Fsp3) is 0.360. The normalized spacial score (nSPS) is 17.3. The lowest BCUT2D eigenvalue weighted by molar-refractivity contribution is -0.384. The summed E-state index contributed by atoms with van der Waals surface area (Å²) in [6.07, 6.45) is 1.92. The Labute approximate surface area is 197 Å². The Kier molecular flexibility index (Phi) is 8.01. The molecule has 9 nitrogen and oxygen atoms in total. The first-order valence-electron chi connectivity index (χ1n) is 11.1. The maximum absolute atomic E-state index is 13.0. The first-order chi connectivity index (χ1) is 16.3. The van der Waals surface area contributed by atoms with Crippen LogP contribution in [0.4, 0.5) is 5.69 Å². The molecule has 0 aromatic heterocycles. The number of ether oxygens (including phenoxy) is 2. The number of methoxy groups -OCH3 is 1. The lowest BCUT2D eigenvalue weighted by Gasteiger charge is -2.25. The zero-order valence-electron chi connectivity index (χ0n) is 19.4. The van der Waals surface area contributed by atoms with Gasteiger partial charge in [0, 0.05) is 31.4 Å². The van der Waals surface area contributed by atoms with E-state index >= 15 is 0 Å². The third kappa shape index (κ3) is 5.09. The number of nitrogens with zero attached hydrogens (tertiary/aromatic N) is 2. The third-order valence-corrected chi connectivity index (χ3v) is 5.70. The first kappa shape index (κ1) is 24.9. The number of amides is 1. The van der Waals surface area contributed by atoms with E-state index in [0.29, 0.717) is 23.5 Å². The molecule has 2 aromatic rings.